The average Bonchev–Trinajstić information content (AvgIpc) is 2.32. The first-order chi connectivity index (χ1) is 8.50. The van der Waals surface area contributed by atoms with Gasteiger partial charge in [-0.25, -0.2) is 13.4 Å². The van der Waals surface area contributed by atoms with Crippen LogP contribution < -0.4 is 4.72 Å². The van der Waals surface area contributed by atoms with Crippen LogP contribution in [0.3, 0.4) is 0 Å². The molecule has 0 saturated carbocycles. The molecule has 0 fully saturated rings. The molecule has 5 nitrogen and oxygen atoms in total. The molecule has 1 aromatic heterocycles. The third-order valence-corrected chi connectivity index (χ3v) is 4.49. The van der Waals surface area contributed by atoms with E-state index < -0.39 is 10.0 Å². The van der Waals surface area contributed by atoms with Crippen LogP contribution in [0, 0.1) is 0 Å². The molecule has 0 aliphatic rings. The molecule has 0 unspecified atom stereocenters. The second kappa shape index (κ2) is 4.95. The van der Waals surface area contributed by atoms with Gasteiger partial charge in [0.15, 0.2) is 11.6 Å². The van der Waals surface area contributed by atoms with E-state index in [0.29, 0.717) is 4.47 Å². The van der Waals surface area contributed by atoms with E-state index in [1.54, 1.807) is 18.2 Å². The normalized spacial score (nSPS) is 11.2. The van der Waals surface area contributed by atoms with Gasteiger partial charge >= 0.3 is 0 Å². The van der Waals surface area contributed by atoms with E-state index >= 15 is 0 Å². The van der Waals surface area contributed by atoms with E-state index in [9.17, 15) is 13.5 Å². The lowest BCUT2D eigenvalue weighted by atomic mass is 10.4. The number of hydrogen-bond donors (Lipinski definition) is 2. The fourth-order valence-corrected chi connectivity index (χ4v) is 3.35. The summed E-state index contributed by atoms with van der Waals surface area (Å²) in [4.78, 5) is 3.84. The number of halogens is 1. The number of sulfonamides is 1. The molecule has 0 radical (unpaired) electrons. The first-order valence-electron chi connectivity index (χ1n) is 4.92. The van der Waals surface area contributed by atoms with Gasteiger partial charge in [-0.05, 0) is 40.2 Å². The minimum Gasteiger partial charge on any atom is -0.504 e. The molecule has 0 aliphatic heterocycles. The van der Waals surface area contributed by atoms with E-state index in [0.717, 1.165) is 0 Å². The summed E-state index contributed by atoms with van der Waals surface area (Å²) in [6.45, 7) is 0. The van der Waals surface area contributed by atoms with E-state index in [-0.39, 0.29) is 16.5 Å². The highest BCUT2D eigenvalue weighted by Crippen LogP contribution is 2.26. The summed E-state index contributed by atoms with van der Waals surface area (Å²) in [6.07, 6.45) is 1.39. The van der Waals surface area contributed by atoms with E-state index in [1.165, 1.54) is 24.4 Å². The highest BCUT2D eigenvalue weighted by atomic mass is 79.9. The number of nitrogens with one attached hydrogen (secondary N) is 1. The lowest BCUT2D eigenvalue weighted by molar-refractivity contribution is 0.475. The third kappa shape index (κ3) is 2.62. The monoisotopic (exact) mass is 328 g/mol. The molecule has 1 heterocycles. The van der Waals surface area contributed by atoms with Gasteiger partial charge in [0.2, 0.25) is 0 Å². The number of aromatic nitrogens is 1. The number of hydrogen-bond acceptors (Lipinski definition) is 4. The van der Waals surface area contributed by atoms with Crippen molar-refractivity contribution in [3.8, 4) is 5.75 Å². The Balaban J connectivity index is 2.40. The van der Waals surface area contributed by atoms with Gasteiger partial charge in [-0.15, -0.1) is 0 Å². The zero-order valence-corrected chi connectivity index (χ0v) is 11.4. The van der Waals surface area contributed by atoms with Crippen molar-refractivity contribution in [2.75, 3.05) is 4.72 Å². The van der Waals surface area contributed by atoms with Crippen molar-refractivity contribution in [2.24, 2.45) is 0 Å². The fourth-order valence-electron chi connectivity index (χ4n) is 1.32. The molecular weight excluding hydrogens is 320 g/mol. The third-order valence-electron chi connectivity index (χ3n) is 2.14. The highest BCUT2D eigenvalue weighted by Gasteiger charge is 2.19. The molecule has 0 bridgehead atoms. The largest absolute Gasteiger partial charge is 0.504 e. The molecule has 18 heavy (non-hydrogen) atoms. The summed E-state index contributed by atoms with van der Waals surface area (Å²) in [7, 11) is -3.79. The second-order valence-electron chi connectivity index (χ2n) is 3.41. The van der Waals surface area contributed by atoms with Gasteiger partial charge in [0.25, 0.3) is 10.0 Å². The van der Waals surface area contributed by atoms with Crippen molar-refractivity contribution >= 4 is 31.8 Å². The van der Waals surface area contributed by atoms with E-state index in [2.05, 4.69) is 25.6 Å². The molecule has 0 saturated heterocycles. The molecule has 94 valence electrons. The smallest absolute Gasteiger partial charge is 0.264 e. The highest BCUT2D eigenvalue weighted by molar-refractivity contribution is 9.10. The molecule has 0 amide bonds. The van der Waals surface area contributed by atoms with Gasteiger partial charge in [0.1, 0.15) is 4.90 Å². The zero-order valence-electron chi connectivity index (χ0n) is 9.04. The topological polar surface area (TPSA) is 79.3 Å². The predicted octanol–water partition coefficient (Wildman–Crippen LogP) is 2.35. The van der Waals surface area contributed by atoms with Crippen LogP contribution >= 0.6 is 15.9 Å². The molecule has 7 heteroatoms. The molecule has 2 rings (SSSR count). The summed E-state index contributed by atoms with van der Waals surface area (Å²) < 4.78 is 26.8. The standard InChI is InChI=1S/C11H9BrN2O3S/c12-8-4-1-2-6-10(8)18(16,17)14-11-9(15)5-3-7-13-11/h1-7,15H,(H,13,14). The van der Waals surface area contributed by atoms with Crippen LogP contribution in [0.4, 0.5) is 5.82 Å². The van der Waals surface area contributed by atoms with Crippen LogP contribution in [-0.4, -0.2) is 18.5 Å². The average molecular weight is 329 g/mol. The number of benzene rings is 1. The molecule has 0 atom stereocenters. The maximum atomic E-state index is 12.1. The molecular formula is C11H9BrN2O3S. The Kier molecular flexibility index (Phi) is 3.53. The Morgan fingerprint density at radius 2 is 1.89 bits per heavy atom. The summed E-state index contributed by atoms with van der Waals surface area (Å²) in [5.74, 6) is -0.332. The van der Waals surface area contributed by atoms with Gasteiger partial charge in [-0.1, -0.05) is 12.1 Å². The summed E-state index contributed by atoms with van der Waals surface area (Å²) in [5.41, 5.74) is 0. The van der Waals surface area contributed by atoms with Crippen LogP contribution in [0.2, 0.25) is 0 Å². The number of aromatic hydroxyl groups is 1. The van der Waals surface area contributed by atoms with Crippen LogP contribution in [-0.2, 0) is 10.0 Å². The SMILES string of the molecule is O=S(=O)(Nc1ncccc1O)c1ccccc1Br. The van der Waals surface area contributed by atoms with Crippen molar-refractivity contribution < 1.29 is 13.5 Å². The zero-order chi connectivity index (χ0) is 13.2. The van der Waals surface area contributed by atoms with Crippen LogP contribution in [0.1, 0.15) is 0 Å². The molecule has 0 aliphatic carbocycles. The first-order valence-corrected chi connectivity index (χ1v) is 7.19. The summed E-state index contributed by atoms with van der Waals surface area (Å²) >= 11 is 3.16. The molecule has 2 N–H and O–H groups in total. The van der Waals surface area contributed by atoms with Crippen molar-refractivity contribution in [2.45, 2.75) is 4.90 Å². The lowest BCUT2D eigenvalue weighted by Gasteiger charge is -2.09. The summed E-state index contributed by atoms with van der Waals surface area (Å²) in [6, 6.07) is 9.24. The van der Waals surface area contributed by atoms with Crippen molar-refractivity contribution in [3.63, 3.8) is 0 Å². The molecule has 0 spiro atoms. The number of rotatable bonds is 3. The van der Waals surface area contributed by atoms with Crippen molar-refractivity contribution in [3.05, 3.63) is 47.1 Å². The van der Waals surface area contributed by atoms with Crippen molar-refractivity contribution in [1.82, 2.24) is 4.98 Å². The minimum absolute atomic E-state index is 0.0788. The Morgan fingerprint density at radius 1 is 1.17 bits per heavy atom. The lowest BCUT2D eigenvalue weighted by Crippen LogP contribution is -2.14. The van der Waals surface area contributed by atoms with Crippen molar-refractivity contribution in [1.29, 1.82) is 0 Å². The van der Waals surface area contributed by atoms with Gasteiger partial charge in [0, 0.05) is 10.7 Å². The minimum atomic E-state index is -3.79. The maximum absolute atomic E-state index is 12.1. The Morgan fingerprint density at radius 3 is 2.56 bits per heavy atom. The molecule has 1 aromatic carbocycles. The number of nitrogens with zero attached hydrogens (tertiary/aromatic N) is 1. The quantitative estimate of drug-likeness (QED) is 0.906. The maximum Gasteiger partial charge on any atom is 0.264 e. The molecule has 2 aromatic rings. The fraction of sp³-hybridized carbons (Fsp3) is 0. The summed E-state index contributed by atoms with van der Waals surface area (Å²) in [5, 5.41) is 9.49. The van der Waals surface area contributed by atoms with Crippen LogP contribution in [0.15, 0.2) is 52.0 Å². The number of pyridine rings is 1. The predicted molar refractivity (Wildman–Crippen MR) is 70.9 cm³/mol. The van der Waals surface area contributed by atoms with Crippen LogP contribution in [0.5, 0.6) is 5.75 Å². The second-order valence-corrected chi connectivity index (χ2v) is 5.91. The Bertz CT molecular complexity index is 673. The number of anilines is 1. The van der Waals surface area contributed by atoms with Crippen LogP contribution in [0.25, 0.3) is 0 Å². The Labute approximate surface area is 113 Å². The van der Waals surface area contributed by atoms with Gasteiger partial charge in [-0.3, -0.25) is 4.72 Å². The van der Waals surface area contributed by atoms with E-state index in [4.69, 9.17) is 0 Å². The Hall–Kier alpha value is -1.60. The van der Waals surface area contributed by atoms with Gasteiger partial charge in [-0.2, -0.15) is 0 Å². The van der Waals surface area contributed by atoms with Gasteiger partial charge < -0.3 is 5.11 Å². The van der Waals surface area contributed by atoms with Gasteiger partial charge in [0.05, 0.1) is 0 Å². The van der Waals surface area contributed by atoms with E-state index in [1.807, 2.05) is 0 Å². The first kappa shape index (κ1) is 12.8.